The molecule has 2 rings (SSSR count). The number of allylic oxidation sites excluding steroid dienone is 1. The number of benzene rings is 2. The summed E-state index contributed by atoms with van der Waals surface area (Å²) in [6.07, 6.45) is 0.765. The van der Waals surface area contributed by atoms with Crippen LogP contribution in [0.4, 0.5) is 0 Å². The van der Waals surface area contributed by atoms with E-state index in [0.29, 0.717) is 5.56 Å². The monoisotopic (exact) mass is 346 g/mol. The quantitative estimate of drug-likeness (QED) is 0.559. The molecule has 5 heteroatoms. The van der Waals surface area contributed by atoms with Gasteiger partial charge in [0.2, 0.25) is 0 Å². The van der Waals surface area contributed by atoms with Gasteiger partial charge in [-0.2, -0.15) is 0 Å². The van der Waals surface area contributed by atoms with Crippen LogP contribution in [-0.2, 0) is 5.75 Å². The van der Waals surface area contributed by atoms with E-state index in [2.05, 4.69) is 17.4 Å². The summed E-state index contributed by atoms with van der Waals surface area (Å²) in [4.78, 5) is 13.1. The highest BCUT2D eigenvalue weighted by molar-refractivity contribution is 7.98. The van der Waals surface area contributed by atoms with Gasteiger partial charge < -0.3 is 5.43 Å². The van der Waals surface area contributed by atoms with Gasteiger partial charge in [0.05, 0.1) is 0 Å². The average molecular weight is 347 g/mol. The van der Waals surface area contributed by atoms with Gasteiger partial charge >= 0.3 is 0 Å². The van der Waals surface area contributed by atoms with Gasteiger partial charge in [0.1, 0.15) is 0 Å². The van der Waals surface area contributed by atoms with Crippen molar-refractivity contribution in [2.24, 2.45) is 0 Å². The molecule has 0 saturated heterocycles. The number of carbonyl (C=O) groups excluding carboxylic acids is 1. The molecule has 2 aromatic rings. The topological polar surface area (TPSA) is 41.1 Å². The van der Waals surface area contributed by atoms with Gasteiger partial charge in [0, 0.05) is 26.9 Å². The van der Waals surface area contributed by atoms with Crippen LogP contribution in [0.15, 0.2) is 65.7 Å². The Morgan fingerprint density at radius 3 is 2.35 bits per heavy atom. The molecule has 0 fully saturated rings. The lowest BCUT2D eigenvalue weighted by Gasteiger charge is -2.09. The predicted molar refractivity (Wildman–Crippen MR) is 97.5 cm³/mol. The van der Waals surface area contributed by atoms with Crippen LogP contribution < -0.4 is 10.9 Å². The van der Waals surface area contributed by atoms with Gasteiger partial charge in [-0.1, -0.05) is 37.2 Å². The van der Waals surface area contributed by atoms with Crippen LogP contribution in [-0.4, -0.2) is 5.91 Å². The van der Waals surface area contributed by atoms with Crippen molar-refractivity contribution in [2.45, 2.75) is 24.0 Å². The zero-order valence-electron chi connectivity index (χ0n) is 12.9. The number of halogens is 1. The third-order valence-corrected chi connectivity index (χ3v) is 4.55. The van der Waals surface area contributed by atoms with Gasteiger partial charge in [0.25, 0.3) is 5.91 Å². The van der Waals surface area contributed by atoms with Crippen molar-refractivity contribution in [1.29, 1.82) is 0 Å². The van der Waals surface area contributed by atoms with Crippen molar-refractivity contribution in [2.75, 3.05) is 0 Å². The van der Waals surface area contributed by atoms with Crippen LogP contribution in [0.3, 0.4) is 0 Å². The summed E-state index contributed by atoms with van der Waals surface area (Å²) >= 11 is 7.60. The number of thioether (sulfide) groups is 1. The fourth-order valence-corrected chi connectivity index (χ4v) is 2.74. The number of carbonyl (C=O) groups is 1. The van der Waals surface area contributed by atoms with E-state index in [1.54, 1.807) is 11.8 Å². The molecule has 0 aliphatic carbocycles. The number of hydrogen-bond acceptors (Lipinski definition) is 3. The van der Waals surface area contributed by atoms with Crippen LogP contribution in [0.1, 0.15) is 29.3 Å². The smallest absolute Gasteiger partial charge is 0.269 e. The Kier molecular flexibility index (Phi) is 6.56. The molecule has 0 aliphatic rings. The standard InChI is InChI=1S/C18H19ClN2OS/c1-3-13(2)20-21-18(22)15-6-4-14(5-7-15)12-23-17-10-8-16(19)9-11-17/h4-11,20H,2-3,12H2,1H3,(H,21,22). The molecular weight excluding hydrogens is 328 g/mol. The molecule has 0 aromatic heterocycles. The fraction of sp³-hybridized carbons (Fsp3) is 0.167. The van der Waals surface area contributed by atoms with Crippen molar-refractivity contribution in [3.8, 4) is 0 Å². The maximum absolute atomic E-state index is 12.0. The van der Waals surface area contributed by atoms with Crippen molar-refractivity contribution in [3.63, 3.8) is 0 Å². The van der Waals surface area contributed by atoms with Crippen LogP contribution in [0.5, 0.6) is 0 Å². The first-order valence-corrected chi connectivity index (χ1v) is 8.66. The highest BCUT2D eigenvalue weighted by atomic mass is 35.5. The Hall–Kier alpha value is -1.91. The largest absolute Gasteiger partial charge is 0.303 e. The zero-order valence-corrected chi connectivity index (χ0v) is 14.5. The van der Waals surface area contributed by atoms with E-state index in [9.17, 15) is 4.79 Å². The minimum atomic E-state index is -0.170. The Morgan fingerprint density at radius 2 is 1.74 bits per heavy atom. The first kappa shape index (κ1) is 17.4. The van der Waals surface area contributed by atoms with Gasteiger partial charge in [-0.05, 0) is 48.4 Å². The molecule has 0 bridgehead atoms. The predicted octanol–water partition coefficient (Wildman–Crippen LogP) is 4.79. The Labute approximate surface area is 146 Å². The summed E-state index contributed by atoms with van der Waals surface area (Å²) in [6, 6.07) is 15.3. The van der Waals surface area contributed by atoms with Crippen molar-refractivity contribution < 1.29 is 4.79 Å². The zero-order chi connectivity index (χ0) is 16.7. The Morgan fingerprint density at radius 1 is 1.09 bits per heavy atom. The molecule has 0 atom stereocenters. The summed E-state index contributed by atoms with van der Waals surface area (Å²) in [5.74, 6) is 0.672. The third-order valence-electron chi connectivity index (χ3n) is 3.21. The van der Waals surface area contributed by atoms with Crippen molar-refractivity contribution in [1.82, 2.24) is 10.9 Å². The lowest BCUT2D eigenvalue weighted by atomic mass is 10.1. The summed E-state index contributed by atoms with van der Waals surface area (Å²) in [7, 11) is 0. The summed E-state index contributed by atoms with van der Waals surface area (Å²) in [5, 5.41) is 0.740. The SMILES string of the molecule is C=C(CC)NNC(=O)c1ccc(CSc2ccc(Cl)cc2)cc1. The van der Waals surface area contributed by atoms with Gasteiger partial charge in [0.15, 0.2) is 0 Å². The number of hydrogen-bond donors (Lipinski definition) is 2. The first-order valence-electron chi connectivity index (χ1n) is 7.30. The molecule has 3 nitrogen and oxygen atoms in total. The number of hydrazine groups is 1. The molecule has 0 radical (unpaired) electrons. The second-order valence-corrected chi connectivity index (χ2v) is 6.46. The summed E-state index contributed by atoms with van der Waals surface area (Å²) in [6.45, 7) is 5.74. The molecule has 0 unspecified atom stereocenters. The maximum atomic E-state index is 12.0. The molecule has 0 spiro atoms. The second kappa shape index (κ2) is 8.65. The lowest BCUT2D eigenvalue weighted by molar-refractivity contribution is 0.0938. The fourth-order valence-electron chi connectivity index (χ4n) is 1.76. The van der Waals surface area contributed by atoms with E-state index in [1.165, 1.54) is 4.90 Å². The van der Waals surface area contributed by atoms with Crippen molar-refractivity contribution in [3.05, 3.63) is 77.0 Å². The normalized spacial score (nSPS) is 10.2. The first-order chi connectivity index (χ1) is 11.1. The molecule has 120 valence electrons. The minimum Gasteiger partial charge on any atom is -0.303 e. The summed E-state index contributed by atoms with van der Waals surface area (Å²) in [5.41, 5.74) is 7.96. The van der Waals surface area contributed by atoms with Crippen molar-refractivity contribution >= 4 is 29.3 Å². The number of nitrogens with one attached hydrogen (secondary N) is 2. The third kappa shape index (κ3) is 5.66. The van der Waals surface area contributed by atoms with Crippen LogP contribution in [0, 0.1) is 0 Å². The number of amides is 1. The summed E-state index contributed by atoms with van der Waals surface area (Å²) < 4.78 is 0. The molecule has 0 aliphatic heterocycles. The van der Waals surface area contributed by atoms with E-state index in [-0.39, 0.29) is 5.91 Å². The molecule has 0 saturated carbocycles. The Balaban J connectivity index is 1.87. The maximum Gasteiger partial charge on any atom is 0.269 e. The molecule has 1 amide bonds. The molecular formula is C18H19ClN2OS. The molecule has 2 aromatic carbocycles. The van der Waals surface area contributed by atoms with Crippen LogP contribution in [0.2, 0.25) is 5.02 Å². The highest BCUT2D eigenvalue weighted by Gasteiger charge is 2.05. The van der Waals surface area contributed by atoms with Gasteiger partial charge in [-0.25, -0.2) is 0 Å². The number of rotatable bonds is 7. The average Bonchev–Trinajstić information content (AvgIpc) is 2.59. The molecule has 0 heterocycles. The van der Waals surface area contributed by atoms with E-state index in [1.807, 2.05) is 55.5 Å². The molecule has 2 N–H and O–H groups in total. The van der Waals surface area contributed by atoms with Gasteiger partial charge in [-0.3, -0.25) is 10.2 Å². The van der Waals surface area contributed by atoms with Crippen LogP contribution >= 0.6 is 23.4 Å². The van der Waals surface area contributed by atoms with E-state index in [0.717, 1.165) is 28.5 Å². The lowest BCUT2D eigenvalue weighted by Crippen LogP contribution is -2.36. The second-order valence-electron chi connectivity index (χ2n) is 4.98. The van der Waals surface area contributed by atoms with Crippen LogP contribution in [0.25, 0.3) is 0 Å². The van der Waals surface area contributed by atoms with E-state index in [4.69, 9.17) is 11.6 Å². The highest BCUT2D eigenvalue weighted by Crippen LogP contribution is 2.24. The molecule has 23 heavy (non-hydrogen) atoms. The Bertz CT molecular complexity index is 668. The van der Waals surface area contributed by atoms with E-state index >= 15 is 0 Å². The minimum absolute atomic E-state index is 0.170. The van der Waals surface area contributed by atoms with E-state index < -0.39 is 0 Å². The van der Waals surface area contributed by atoms with Gasteiger partial charge in [-0.15, -0.1) is 11.8 Å².